The Kier molecular flexibility index (Phi) is 6.30. The van der Waals surface area contributed by atoms with Crippen LogP contribution in [0.15, 0.2) is 46.3 Å². The molecule has 3 aromatic rings. The van der Waals surface area contributed by atoms with Gasteiger partial charge < -0.3 is 25.3 Å². The molecule has 0 fully saturated rings. The summed E-state index contributed by atoms with van der Waals surface area (Å²) < 4.78 is 10.4. The Hall–Kier alpha value is -4.52. The number of nitro benzene ring substituents is 1. The number of hydrazone groups is 1. The van der Waals surface area contributed by atoms with E-state index < -0.39 is 22.6 Å². The highest BCUT2D eigenvalue weighted by Crippen LogP contribution is 2.31. The Morgan fingerprint density at radius 1 is 1.25 bits per heavy atom. The smallest absolute Gasteiger partial charge is 0.332 e. The SMILES string of the molecule is COc1ccc(C(O)/C(=N/NC(N)=O)c2nc3ccc([N+](=O)[O-])cc3[nH]c2=O)cc1OC. The molecule has 5 N–H and O–H groups in total. The average molecular weight is 442 g/mol. The van der Waals surface area contributed by atoms with Crippen LogP contribution in [-0.2, 0) is 0 Å². The molecule has 13 heteroatoms. The number of nitrogens with zero attached hydrogens (tertiary/aromatic N) is 3. The van der Waals surface area contributed by atoms with Crippen LogP contribution in [0.5, 0.6) is 11.5 Å². The van der Waals surface area contributed by atoms with E-state index in [9.17, 15) is 24.8 Å². The number of nitrogens with one attached hydrogen (secondary N) is 2. The zero-order valence-corrected chi connectivity index (χ0v) is 16.9. The van der Waals surface area contributed by atoms with Gasteiger partial charge in [0.2, 0.25) is 0 Å². The molecule has 0 aliphatic heterocycles. The minimum atomic E-state index is -1.54. The number of methoxy groups -OCH3 is 2. The number of hydrogen-bond donors (Lipinski definition) is 4. The first-order valence-electron chi connectivity index (χ1n) is 8.97. The number of aromatic nitrogens is 2. The number of urea groups is 1. The predicted molar refractivity (Wildman–Crippen MR) is 113 cm³/mol. The highest BCUT2D eigenvalue weighted by molar-refractivity contribution is 6.03. The lowest BCUT2D eigenvalue weighted by atomic mass is 10.0. The van der Waals surface area contributed by atoms with Crippen LogP contribution in [-0.4, -0.2) is 46.0 Å². The molecule has 13 nitrogen and oxygen atoms in total. The van der Waals surface area contributed by atoms with Gasteiger partial charge in [-0.2, -0.15) is 5.10 Å². The number of ether oxygens (including phenoxy) is 2. The van der Waals surface area contributed by atoms with Crippen molar-refractivity contribution in [1.29, 1.82) is 0 Å². The Labute approximate surface area is 179 Å². The fourth-order valence-corrected chi connectivity index (χ4v) is 2.90. The summed E-state index contributed by atoms with van der Waals surface area (Å²) in [5.41, 5.74) is 5.89. The number of aromatic amines is 1. The second-order valence-corrected chi connectivity index (χ2v) is 6.36. The molecule has 2 aromatic carbocycles. The van der Waals surface area contributed by atoms with Gasteiger partial charge in [-0.25, -0.2) is 15.2 Å². The van der Waals surface area contributed by atoms with Crippen LogP contribution in [0.2, 0.25) is 0 Å². The molecule has 0 saturated heterocycles. The summed E-state index contributed by atoms with van der Waals surface area (Å²) >= 11 is 0. The van der Waals surface area contributed by atoms with Crippen LogP contribution in [0.25, 0.3) is 11.0 Å². The standard InChI is InChI=1S/C19H18N6O7/c1-31-13-6-3-9(7-14(13)32-2)17(26)15(23-24-19(20)28)16-18(27)22-12-8-10(25(29)30)4-5-11(12)21-16/h3-8,17,26H,1-2H3,(H,22,27)(H3,20,24,28)/b23-15+. The highest BCUT2D eigenvalue weighted by atomic mass is 16.6. The van der Waals surface area contributed by atoms with Crippen LogP contribution >= 0.6 is 0 Å². The predicted octanol–water partition coefficient (Wildman–Crippen LogP) is 0.954. The lowest BCUT2D eigenvalue weighted by Gasteiger charge is -2.16. The summed E-state index contributed by atoms with van der Waals surface area (Å²) in [5, 5.41) is 25.7. The van der Waals surface area contributed by atoms with E-state index in [0.29, 0.717) is 11.5 Å². The molecule has 2 amide bonds. The van der Waals surface area contributed by atoms with Gasteiger partial charge in [-0.1, -0.05) is 6.07 Å². The van der Waals surface area contributed by atoms with Gasteiger partial charge in [-0.3, -0.25) is 14.9 Å². The minimum absolute atomic E-state index is 0.107. The third kappa shape index (κ3) is 4.46. The maximum Gasteiger partial charge on any atom is 0.332 e. The third-order valence-electron chi connectivity index (χ3n) is 4.40. The number of non-ortho nitro benzene ring substituents is 1. The first kappa shape index (κ1) is 22.2. The number of amides is 2. The molecule has 0 aliphatic carbocycles. The number of nitrogens with two attached hydrogens (primary N) is 1. The Morgan fingerprint density at radius 2 is 1.97 bits per heavy atom. The summed E-state index contributed by atoms with van der Waals surface area (Å²) in [6, 6.07) is 7.15. The number of nitro groups is 1. The number of benzene rings is 2. The lowest BCUT2D eigenvalue weighted by Crippen LogP contribution is -2.31. The van der Waals surface area contributed by atoms with Gasteiger partial charge >= 0.3 is 6.03 Å². The number of carbonyl (C=O) groups is 1. The number of carbonyl (C=O) groups excluding carboxylic acids is 1. The third-order valence-corrected chi connectivity index (χ3v) is 4.40. The van der Waals surface area contributed by atoms with Crippen molar-refractivity contribution in [2.45, 2.75) is 6.10 Å². The number of aliphatic hydroxyl groups excluding tert-OH is 1. The number of aliphatic hydroxyl groups is 1. The minimum Gasteiger partial charge on any atom is -0.493 e. The zero-order chi connectivity index (χ0) is 23.4. The largest absolute Gasteiger partial charge is 0.493 e. The quantitative estimate of drug-likeness (QED) is 0.236. The Morgan fingerprint density at radius 3 is 2.59 bits per heavy atom. The maximum atomic E-state index is 12.7. The van der Waals surface area contributed by atoms with Crippen LogP contribution in [0, 0.1) is 10.1 Å². The van der Waals surface area contributed by atoms with Crippen molar-refractivity contribution in [1.82, 2.24) is 15.4 Å². The van der Waals surface area contributed by atoms with E-state index in [1.807, 2.05) is 5.43 Å². The second kappa shape index (κ2) is 9.09. The first-order chi connectivity index (χ1) is 15.2. The Bertz CT molecular complexity index is 1290. The van der Waals surface area contributed by atoms with Crippen molar-refractivity contribution >= 4 is 28.5 Å². The number of rotatable bonds is 7. The van der Waals surface area contributed by atoms with Crippen LogP contribution < -0.4 is 26.2 Å². The normalized spacial score (nSPS) is 12.3. The summed E-state index contributed by atoms with van der Waals surface area (Å²) in [4.78, 5) is 40.9. The number of hydrogen-bond acceptors (Lipinski definition) is 9. The monoisotopic (exact) mass is 442 g/mol. The average Bonchev–Trinajstić information content (AvgIpc) is 2.78. The van der Waals surface area contributed by atoms with E-state index in [4.69, 9.17) is 15.2 Å². The van der Waals surface area contributed by atoms with Crippen molar-refractivity contribution in [3.8, 4) is 11.5 Å². The molecule has 1 atom stereocenters. The number of primary amides is 1. The van der Waals surface area contributed by atoms with Crippen molar-refractivity contribution in [3.05, 3.63) is 68.1 Å². The number of H-pyrrole nitrogens is 1. The van der Waals surface area contributed by atoms with Gasteiger partial charge in [0.25, 0.3) is 11.2 Å². The number of fused-ring (bicyclic) bond motifs is 1. The van der Waals surface area contributed by atoms with Crippen LogP contribution in [0.3, 0.4) is 0 Å². The molecule has 3 rings (SSSR count). The van der Waals surface area contributed by atoms with Gasteiger partial charge in [0, 0.05) is 12.1 Å². The van der Waals surface area contributed by atoms with E-state index >= 15 is 0 Å². The Balaban J connectivity index is 2.14. The molecule has 0 aliphatic rings. The van der Waals surface area contributed by atoms with Crippen molar-refractivity contribution in [2.75, 3.05) is 14.2 Å². The molecule has 166 valence electrons. The molecule has 0 bridgehead atoms. The molecular weight excluding hydrogens is 424 g/mol. The van der Waals surface area contributed by atoms with Crippen LogP contribution in [0.1, 0.15) is 17.4 Å². The fraction of sp³-hybridized carbons (Fsp3) is 0.158. The van der Waals surface area contributed by atoms with E-state index in [2.05, 4.69) is 15.1 Å². The van der Waals surface area contributed by atoms with E-state index in [-0.39, 0.29) is 33.7 Å². The second-order valence-electron chi connectivity index (χ2n) is 6.36. The van der Waals surface area contributed by atoms with E-state index in [0.717, 1.165) is 6.07 Å². The molecule has 0 spiro atoms. The zero-order valence-electron chi connectivity index (χ0n) is 16.9. The van der Waals surface area contributed by atoms with Gasteiger partial charge in [0.15, 0.2) is 17.2 Å². The maximum absolute atomic E-state index is 12.7. The molecule has 1 heterocycles. The summed E-state index contributed by atoms with van der Waals surface area (Å²) in [5.74, 6) is 0.708. The van der Waals surface area contributed by atoms with Crippen molar-refractivity contribution in [3.63, 3.8) is 0 Å². The molecular formula is C19H18N6O7. The summed E-state index contributed by atoms with van der Waals surface area (Å²) in [6.07, 6.45) is -1.54. The van der Waals surface area contributed by atoms with Gasteiger partial charge in [-0.05, 0) is 23.8 Å². The molecule has 1 aromatic heterocycles. The van der Waals surface area contributed by atoms with Gasteiger partial charge in [0.05, 0.1) is 30.2 Å². The van der Waals surface area contributed by atoms with Crippen molar-refractivity contribution in [2.24, 2.45) is 10.8 Å². The van der Waals surface area contributed by atoms with Gasteiger partial charge in [0.1, 0.15) is 11.8 Å². The topological polar surface area (TPSA) is 195 Å². The lowest BCUT2D eigenvalue weighted by molar-refractivity contribution is -0.384. The highest BCUT2D eigenvalue weighted by Gasteiger charge is 2.24. The fourth-order valence-electron chi connectivity index (χ4n) is 2.90. The van der Waals surface area contributed by atoms with E-state index in [1.54, 1.807) is 0 Å². The molecule has 0 radical (unpaired) electrons. The van der Waals surface area contributed by atoms with Crippen LogP contribution in [0.4, 0.5) is 10.5 Å². The first-order valence-corrected chi connectivity index (χ1v) is 8.97. The van der Waals surface area contributed by atoms with Gasteiger partial charge in [-0.15, -0.1) is 0 Å². The van der Waals surface area contributed by atoms with Crippen molar-refractivity contribution < 1.29 is 24.3 Å². The molecule has 32 heavy (non-hydrogen) atoms. The summed E-state index contributed by atoms with van der Waals surface area (Å²) in [7, 11) is 2.85. The summed E-state index contributed by atoms with van der Waals surface area (Å²) in [6.45, 7) is 0. The molecule has 0 saturated carbocycles. The van der Waals surface area contributed by atoms with E-state index in [1.165, 1.54) is 44.6 Å². The molecule has 1 unspecified atom stereocenters.